The zero-order chi connectivity index (χ0) is 18.6. The van der Waals surface area contributed by atoms with Gasteiger partial charge in [-0.1, -0.05) is 12.1 Å². The molecule has 2 aliphatic rings. The van der Waals surface area contributed by atoms with Gasteiger partial charge in [-0.25, -0.2) is 8.42 Å². The minimum Gasteiger partial charge on any atom is -0.378 e. The van der Waals surface area contributed by atoms with Gasteiger partial charge in [0, 0.05) is 25.7 Å². The second-order valence-corrected chi connectivity index (χ2v) is 8.94. The number of nitrogens with zero attached hydrogens (tertiary/aromatic N) is 2. The van der Waals surface area contributed by atoms with E-state index in [2.05, 4.69) is 10.2 Å². The minimum absolute atomic E-state index is 0.0635. The zero-order valence-corrected chi connectivity index (χ0v) is 16.0. The van der Waals surface area contributed by atoms with Crippen LogP contribution >= 0.6 is 0 Å². The van der Waals surface area contributed by atoms with Gasteiger partial charge in [-0.15, -0.1) is 0 Å². The second kappa shape index (κ2) is 8.26. The molecule has 0 spiro atoms. The molecule has 2 heterocycles. The molecule has 1 amide bonds. The van der Waals surface area contributed by atoms with E-state index < -0.39 is 9.84 Å². The Kier molecular flexibility index (Phi) is 6.03. The second-order valence-electron chi connectivity index (χ2n) is 6.71. The molecule has 0 saturated carbocycles. The first-order valence-corrected chi connectivity index (χ1v) is 11.0. The quantitative estimate of drug-likeness (QED) is 0.791. The van der Waals surface area contributed by atoms with Gasteiger partial charge in [-0.05, 0) is 25.5 Å². The molecule has 0 aliphatic carbocycles. The van der Waals surface area contributed by atoms with Crippen LogP contribution in [0.4, 0.5) is 11.4 Å². The Morgan fingerprint density at radius 2 is 2.04 bits per heavy atom. The van der Waals surface area contributed by atoms with E-state index in [4.69, 9.17) is 4.74 Å². The lowest BCUT2D eigenvalue weighted by Crippen LogP contribution is -2.43. The molecule has 7 nitrogen and oxygen atoms in total. The van der Waals surface area contributed by atoms with Crippen molar-refractivity contribution in [3.8, 4) is 0 Å². The van der Waals surface area contributed by atoms with E-state index >= 15 is 0 Å². The summed E-state index contributed by atoms with van der Waals surface area (Å²) < 4.78 is 28.8. The van der Waals surface area contributed by atoms with Crippen LogP contribution in [0.1, 0.15) is 13.3 Å². The molecule has 8 heteroatoms. The Morgan fingerprint density at radius 1 is 1.31 bits per heavy atom. The zero-order valence-electron chi connectivity index (χ0n) is 15.2. The molecule has 0 aromatic heterocycles. The van der Waals surface area contributed by atoms with Crippen LogP contribution in [0.2, 0.25) is 0 Å². The summed E-state index contributed by atoms with van der Waals surface area (Å²) in [5.74, 6) is 0.192. The molecule has 1 unspecified atom stereocenters. The van der Waals surface area contributed by atoms with E-state index in [1.807, 2.05) is 31.2 Å². The number of carbonyl (C=O) groups excluding carboxylic acids is 1. The number of benzene rings is 1. The van der Waals surface area contributed by atoms with Crippen molar-refractivity contribution in [2.45, 2.75) is 19.4 Å². The predicted molar refractivity (Wildman–Crippen MR) is 102 cm³/mol. The number of sulfone groups is 1. The minimum atomic E-state index is -3.01. The van der Waals surface area contributed by atoms with Crippen molar-refractivity contribution in [1.82, 2.24) is 4.90 Å². The average Bonchev–Trinajstić information content (AvgIpc) is 3.01. The summed E-state index contributed by atoms with van der Waals surface area (Å²) in [6.07, 6.45) is 0.534. The SMILES string of the molecule is CCN(C(=O)CNc1ccccc1N1CCOCC1)C1CCS(=O)(=O)C1. The maximum atomic E-state index is 12.7. The monoisotopic (exact) mass is 381 g/mol. The highest BCUT2D eigenvalue weighted by Gasteiger charge is 2.33. The number of anilines is 2. The lowest BCUT2D eigenvalue weighted by molar-refractivity contribution is -0.130. The van der Waals surface area contributed by atoms with Crippen LogP contribution in [-0.2, 0) is 19.4 Å². The Labute approximate surface area is 155 Å². The number of hydrogen-bond acceptors (Lipinski definition) is 6. The number of rotatable bonds is 6. The molecular weight excluding hydrogens is 354 g/mol. The number of nitrogens with one attached hydrogen (secondary N) is 1. The lowest BCUT2D eigenvalue weighted by Gasteiger charge is -2.31. The van der Waals surface area contributed by atoms with E-state index in [0.717, 1.165) is 24.5 Å². The van der Waals surface area contributed by atoms with Gasteiger partial charge >= 0.3 is 0 Å². The normalized spacial score (nSPS) is 22.2. The van der Waals surface area contributed by atoms with Gasteiger partial charge in [0.05, 0.1) is 42.6 Å². The van der Waals surface area contributed by atoms with Gasteiger partial charge in [0.25, 0.3) is 0 Å². The van der Waals surface area contributed by atoms with Crippen molar-refractivity contribution in [2.24, 2.45) is 0 Å². The highest BCUT2D eigenvalue weighted by molar-refractivity contribution is 7.91. The van der Waals surface area contributed by atoms with E-state index in [0.29, 0.717) is 26.2 Å². The van der Waals surface area contributed by atoms with Crippen LogP contribution < -0.4 is 10.2 Å². The molecule has 1 aromatic carbocycles. The maximum absolute atomic E-state index is 12.7. The van der Waals surface area contributed by atoms with Crippen LogP contribution in [0, 0.1) is 0 Å². The summed E-state index contributed by atoms with van der Waals surface area (Å²) in [4.78, 5) is 16.6. The molecule has 1 aromatic rings. The maximum Gasteiger partial charge on any atom is 0.242 e. The molecule has 2 fully saturated rings. The van der Waals surface area contributed by atoms with Gasteiger partial charge < -0.3 is 19.9 Å². The molecule has 2 aliphatic heterocycles. The van der Waals surface area contributed by atoms with Crippen LogP contribution in [0.5, 0.6) is 0 Å². The van der Waals surface area contributed by atoms with Crippen molar-refractivity contribution in [2.75, 3.05) is 61.1 Å². The molecule has 1 N–H and O–H groups in total. The largest absolute Gasteiger partial charge is 0.378 e. The first-order chi connectivity index (χ1) is 12.5. The fraction of sp³-hybridized carbons (Fsp3) is 0.611. The van der Waals surface area contributed by atoms with Gasteiger partial charge in [-0.3, -0.25) is 4.79 Å². The Balaban J connectivity index is 1.64. The number of amides is 1. The molecule has 2 saturated heterocycles. The van der Waals surface area contributed by atoms with E-state index in [9.17, 15) is 13.2 Å². The molecule has 0 radical (unpaired) electrons. The standard InChI is InChI=1S/C18H27N3O4S/c1-2-21(15-7-12-26(23,24)14-15)18(22)13-19-16-5-3-4-6-17(16)20-8-10-25-11-9-20/h3-6,15,19H,2,7-14H2,1H3. The smallest absolute Gasteiger partial charge is 0.242 e. The predicted octanol–water partition coefficient (Wildman–Crippen LogP) is 0.971. The molecule has 144 valence electrons. The van der Waals surface area contributed by atoms with Crippen molar-refractivity contribution in [1.29, 1.82) is 0 Å². The fourth-order valence-corrected chi connectivity index (χ4v) is 5.37. The third-order valence-corrected chi connectivity index (χ3v) is 6.75. The van der Waals surface area contributed by atoms with E-state index in [1.165, 1.54) is 0 Å². The molecule has 0 bridgehead atoms. The molecular formula is C18H27N3O4S. The van der Waals surface area contributed by atoms with Crippen molar-refractivity contribution in [3.63, 3.8) is 0 Å². The van der Waals surface area contributed by atoms with Gasteiger partial charge in [-0.2, -0.15) is 0 Å². The van der Waals surface area contributed by atoms with Crippen LogP contribution in [-0.4, -0.2) is 76.2 Å². The van der Waals surface area contributed by atoms with E-state index in [1.54, 1.807) is 4.90 Å². The Morgan fingerprint density at radius 3 is 2.69 bits per heavy atom. The number of ether oxygens (including phenoxy) is 1. The Hall–Kier alpha value is -1.80. The third-order valence-electron chi connectivity index (χ3n) is 5.00. The summed E-state index contributed by atoms with van der Waals surface area (Å²) in [7, 11) is -3.01. The van der Waals surface area contributed by atoms with Crippen LogP contribution in [0.3, 0.4) is 0 Å². The molecule has 26 heavy (non-hydrogen) atoms. The number of likely N-dealkylation sites (N-methyl/N-ethyl adjacent to an activating group) is 1. The molecule has 3 rings (SSSR count). The van der Waals surface area contributed by atoms with Gasteiger partial charge in [0.2, 0.25) is 5.91 Å². The Bertz CT molecular complexity index is 732. The third kappa shape index (κ3) is 4.48. The van der Waals surface area contributed by atoms with Gasteiger partial charge in [0.1, 0.15) is 0 Å². The summed E-state index contributed by atoms with van der Waals surface area (Å²) >= 11 is 0. The van der Waals surface area contributed by atoms with Crippen LogP contribution in [0.25, 0.3) is 0 Å². The first-order valence-electron chi connectivity index (χ1n) is 9.15. The number of para-hydroxylation sites is 2. The van der Waals surface area contributed by atoms with Crippen molar-refractivity contribution in [3.05, 3.63) is 24.3 Å². The highest BCUT2D eigenvalue weighted by atomic mass is 32.2. The summed E-state index contributed by atoms with van der Waals surface area (Å²) in [5.41, 5.74) is 1.98. The summed E-state index contributed by atoms with van der Waals surface area (Å²) in [5, 5.41) is 3.25. The summed E-state index contributed by atoms with van der Waals surface area (Å²) in [6.45, 7) is 5.63. The molecule has 1 atom stereocenters. The van der Waals surface area contributed by atoms with Crippen molar-refractivity contribution >= 4 is 27.1 Å². The highest BCUT2D eigenvalue weighted by Crippen LogP contribution is 2.26. The van der Waals surface area contributed by atoms with Gasteiger partial charge in [0.15, 0.2) is 9.84 Å². The first kappa shape index (κ1) is 19.0. The number of morpholine rings is 1. The van der Waals surface area contributed by atoms with Crippen LogP contribution in [0.15, 0.2) is 24.3 Å². The summed E-state index contributed by atoms with van der Waals surface area (Å²) in [6, 6.07) is 7.74. The number of carbonyl (C=O) groups is 1. The topological polar surface area (TPSA) is 79.0 Å². The van der Waals surface area contributed by atoms with E-state index in [-0.39, 0.29) is 30.0 Å². The average molecular weight is 381 g/mol. The fourth-order valence-electron chi connectivity index (χ4n) is 3.63. The lowest BCUT2D eigenvalue weighted by atomic mass is 10.2. The van der Waals surface area contributed by atoms with Crippen molar-refractivity contribution < 1.29 is 17.9 Å². The number of hydrogen-bond donors (Lipinski definition) is 1.